The van der Waals surface area contributed by atoms with E-state index in [4.69, 9.17) is 0 Å². The van der Waals surface area contributed by atoms with E-state index < -0.39 is 22.7 Å². The lowest BCUT2D eigenvalue weighted by Gasteiger charge is -2.25. The van der Waals surface area contributed by atoms with Gasteiger partial charge in [0.1, 0.15) is 5.76 Å². The number of likely N-dealkylation sites (tertiary alicyclic amines) is 1. The SMILES string of the molecule is O=C1C(=O)N(CCc2ccccc2)[C@@H](c2ccccc2[N+](=O)[O-])C1=C(O)c1ccccc1. The number of nitro benzene ring substituents is 1. The summed E-state index contributed by atoms with van der Waals surface area (Å²) in [7, 11) is 0. The van der Waals surface area contributed by atoms with Gasteiger partial charge in [-0.3, -0.25) is 19.7 Å². The molecule has 0 aromatic heterocycles. The number of nitro groups is 1. The Morgan fingerprint density at radius 3 is 2.16 bits per heavy atom. The summed E-state index contributed by atoms with van der Waals surface area (Å²) in [5, 5.41) is 22.7. The first-order valence-electron chi connectivity index (χ1n) is 10.1. The number of nitrogens with zero attached hydrogens (tertiary/aromatic N) is 2. The Bertz CT molecular complexity index is 1210. The van der Waals surface area contributed by atoms with Gasteiger partial charge in [-0.05, 0) is 18.1 Å². The monoisotopic (exact) mass is 428 g/mol. The lowest BCUT2D eigenvalue weighted by molar-refractivity contribution is -0.385. The molecule has 0 radical (unpaired) electrons. The van der Waals surface area contributed by atoms with Crippen molar-refractivity contribution in [2.24, 2.45) is 0 Å². The van der Waals surface area contributed by atoms with Crippen molar-refractivity contribution in [3.8, 4) is 0 Å². The summed E-state index contributed by atoms with van der Waals surface area (Å²) in [5.74, 6) is -2.00. The second-order valence-corrected chi connectivity index (χ2v) is 7.41. The highest BCUT2D eigenvalue weighted by molar-refractivity contribution is 6.46. The number of aliphatic hydroxyl groups is 1. The third-order valence-corrected chi connectivity index (χ3v) is 5.50. The van der Waals surface area contributed by atoms with Gasteiger partial charge in [0, 0.05) is 18.2 Å². The van der Waals surface area contributed by atoms with Crippen LogP contribution in [0.4, 0.5) is 5.69 Å². The fourth-order valence-corrected chi connectivity index (χ4v) is 3.96. The van der Waals surface area contributed by atoms with Crippen molar-refractivity contribution in [2.45, 2.75) is 12.5 Å². The number of rotatable bonds is 6. The van der Waals surface area contributed by atoms with Crippen molar-refractivity contribution in [1.29, 1.82) is 0 Å². The number of para-hydroxylation sites is 1. The molecule has 1 fully saturated rings. The molecule has 1 aliphatic heterocycles. The number of hydrogen-bond acceptors (Lipinski definition) is 5. The van der Waals surface area contributed by atoms with Gasteiger partial charge < -0.3 is 10.0 Å². The minimum Gasteiger partial charge on any atom is -0.507 e. The summed E-state index contributed by atoms with van der Waals surface area (Å²) in [6.07, 6.45) is 0.455. The smallest absolute Gasteiger partial charge is 0.295 e. The molecule has 32 heavy (non-hydrogen) atoms. The topological polar surface area (TPSA) is 101 Å². The van der Waals surface area contributed by atoms with Crippen molar-refractivity contribution in [1.82, 2.24) is 4.90 Å². The normalized spacial score (nSPS) is 17.5. The number of carbonyl (C=O) groups excluding carboxylic acids is 2. The minimum absolute atomic E-state index is 0.149. The number of benzene rings is 3. The average molecular weight is 428 g/mol. The van der Waals surface area contributed by atoms with Crippen LogP contribution in [0.25, 0.3) is 5.76 Å². The predicted octanol–water partition coefficient (Wildman–Crippen LogP) is 4.26. The number of amides is 1. The van der Waals surface area contributed by atoms with E-state index in [1.54, 1.807) is 36.4 Å². The lowest BCUT2D eigenvalue weighted by Crippen LogP contribution is -2.32. The summed E-state index contributed by atoms with van der Waals surface area (Å²) in [5.41, 5.74) is 1.13. The molecule has 1 saturated heterocycles. The van der Waals surface area contributed by atoms with Crippen LogP contribution in [0.2, 0.25) is 0 Å². The van der Waals surface area contributed by atoms with Gasteiger partial charge in [0.25, 0.3) is 17.4 Å². The van der Waals surface area contributed by atoms with Crippen LogP contribution in [0.1, 0.15) is 22.7 Å². The maximum absolute atomic E-state index is 13.0. The third kappa shape index (κ3) is 3.88. The van der Waals surface area contributed by atoms with E-state index in [0.717, 1.165) is 5.56 Å². The Balaban J connectivity index is 1.85. The molecule has 1 aliphatic rings. The van der Waals surface area contributed by atoms with Crippen LogP contribution in [0.3, 0.4) is 0 Å². The Morgan fingerprint density at radius 1 is 0.906 bits per heavy atom. The first-order chi connectivity index (χ1) is 15.5. The lowest BCUT2D eigenvalue weighted by atomic mass is 9.94. The summed E-state index contributed by atoms with van der Waals surface area (Å²) in [6, 6.07) is 22.7. The van der Waals surface area contributed by atoms with Crippen LogP contribution in [-0.4, -0.2) is 33.2 Å². The van der Waals surface area contributed by atoms with Crippen molar-refractivity contribution in [3.05, 3.63) is 117 Å². The number of aliphatic hydroxyl groups excluding tert-OH is 1. The summed E-state index contributed by atoms with van der Waals surface area (Å²) < 4.78 is 0. The molecule has 0 bridgehead atoms. The van der Waals surface area contributed by atoms with Gasteiger partial charge in [-0.1, -0.05) is 72.8 Å². The molecule has 1 amide bonds. The van der Waals surface area contributed by atoms with Crippen molar-refractivity contribution in [2.75, 3.05) is 6.54 Å². The van der Waals surface area contributed by atoms with Crippen LogP contribution >= 0.6 is 0 Å². The van der Waals surface area contributed by atoms with Gasteiger partial charge in [-0.25, -0.2) is 0 Å². The number of hydrogen-bond donors (Lipinski definition) is 1. The standard InChI is InChI=1S/C25H20N2O5/c28-23(18-11-5-2-6-12-18)21-22(19-13-7-8-14-20(19)27(31)32)26(25(30)24(21)29)16-15-17-9-3-1-4-10-17/h1-14,22,28H,15-16H2/t22-/m0/s1. The van der Waals surface area contributed by atoms with Crippen molar-refractivity contribution >= 4 is 23.1 Å². The first-order valence-corrected chi connectivity index (χ1v) is 10.1. The van der Waals surface area contributed by atoms with Crippen LogP contribution in [0, 0.1) is 10.1 Å². The highest BCUT2D eigenvalue weighted by Crippen LogP contribution is 2.42. The van der Waals surface area contributed by atoms with E-state index >= 15 is 0 Å². The average Bonchev–Trinajstić information content (AvgIpc) is 3.08. The van der Waals surface area contributed by atoms with Crippen molar-refractivity contribution < 1.29 is 19.6 Å². The third-order valence-electron chi connectivity index (χ3n) is 5.50. The number of ketones is 1. The highest BCUT2D eigenvalue weighted by Gasteiger charge is 2.47. The van der Waals surface area contributed by atoms with Gasteiger partial charge in [0.05, 0.1) is 22.1 Å². The highest BCUT2D eigenvalue weighted by atomic mass is 16.6. The molecule has 3 aromatic carbocycles. The quantitative estimate of drug-likeness (QED) is 0.208. The Hall–Kier alpha value is -4.26. The van der Waals surface area contributed by atoms with Gasteiger partial charge in [-0.15, -0.1) is 0 Å². The summed E-state index contributed by atoms with van der Waals surface area (Å²) in [4.78, 5) is 38.5. The molecule has 0 aliphatic carbocycles. The molecule has 7 heteroatoms. The molecule has 0 unspecified atom stereocenters. The van der Waals surface area contributed by atoms with Crippen LogP contribution < -0.4 is 0 Å². The van der Waals surface area contributed by atoms with Crippen molar-refractivity contribution in [3.63, 3.8) is 0 Å². The summed E-state index contributed by atoms with van der Waals surface area (Å²) in [6.45, 7) is 0.164. The molecule has 1 atom stereocenters. The zero-order valence-electron chi connectivity index (χ0n) is 17.0. The molecule has 1 N–H and O–H groups in total. The number of Topliss-reactive ketones (excluding diaryl/α,β-unsaturated/α-hetero) is 1. The Morgan fingerprint density at radius 2 is 1.50 bits per heavy atom. The molecule has 4 rings (SSSR count). The van der Waals surface area contributed by atoms with Crippen LogP contribution in [-0.2, 0) is 16.0 Å². The minimum atomic E-state index is -1.07. The predicted molar refractivity (Wildman–Crippen MR) is 119 cm³/mol. The maximum atomic E-state index is 13.0. The second-order valence-electron chi connectivity index (χ2n) is 7.41. The molecule has 1 heterocycles. The Labute approximate surface area is 184 Å². The van der Waals surface area contributed by atoms with E-state index in [2.05, 4.69) is 0 Å². The molecular formula is C25H20N2O5. The van der Waals surface area contributed by atoms with Crippen LogP contribution in [0.15, 0.2) is 90.5 Å². The van der Waals surface area contributed by atoms with Gasteiger partial charge in [0.2, 0.25) is 0 Å². The molecule has 7 nitrogen and oxygen atoms in total. The zero-order valence-corrected chi connectivity index (χ0v) is 17.0. The largest absolute Gasteiger partial charge is 0.507 e. The fraction of sp³-hybridized carbons (Fsp3) is 0.120. The number of carbonyl (C=O) groups is 2. The van der Waals surface area contributed by atoms with E-state index in [-0.39, 0.29) is 29.1 Å². The van der Waals surface area contributed by atoms with Crippen LogP contribution in [0.5, 0.6) is 0 Å². The maximum Gasteiger partial charge on any atom is 0.295 e. The van der Waals surface area contributed by atoms with E-state index in [1.165, 1.54) is 23.1 Å². The fourth-order valence-electron chi connectivity index (χ4n) is 3.96. The first kappa shape index (κ1) is 21.0. The zero-order chi connectivity index (χ0) is 22.7. The van der Waals surface area contributed by atoms with E-state index in [9.17, 15) is 24.8 Å². The van der Waals surface area contributed by atoms with E-state index in [0.29, 0.717) is 12.0 Å². The second kappa shape index (κ2) is 8.85. The Kier molecular flexibility index (Phi) is 5.81. The molecular weight excluding hydrogens is 408 g/mol. The van der Waals surface area contributed by atoms with Gasteiger partial charge >= 0.3 is 0 Å². The summed E-state index contributed by atoms with van der Waals surface area (Å²) >= 11 is 0. The molecule has 3 aromatic rings. The van der Waals surface area contributed by atoms with Gasteiger partial charge in [-0.2, -0.15) is 0 Å². The van der Waals surface area contributed by atoms with E-state index in [1.807, 2.05) is 30.3 Å². The molecule has 0 saturated carbocycles. The molecule has 160 valence electrons. The molecule has 0 spiro atoms. The van der Waals surface area contributed by atoms with Gasteiger partial charge in [0.15, 0.2) is 0 Å².